The minimum atomic E-state index is -0.805. The summed E-state index contributed by atoms with van der Waals surface area (Å²) in [6, 6.07) is 9.72. The number of rotatable bonds is 3. The van der Waals surface area contributed by atoms with E-state index in [1.165, 1.54) is 12.1 Å². The van der Waals surface area contributed by atoms with E-state index in [2.05, 4.69) is 15.9 Å². The van der Waals surface area contributed by atoms with E-state index >= 15 is 0 Å². The lowest BCUT2D eigenvalue weighted by Crippen LogP contribution is -2.03. The second kappa shape index (κ2) is 5.72. The molecule has 0 fully saturated rings. The van der Waals surface area contributed by atoms with Crippen molar-refractivity contribution in [1.29, 1.82) is 0 Å². The molecule has 0 radical (unpaired) electrons. The molecular formula is C15H14BrFO2. The molecule has 1 unspecified atom stereocenters. The normalized spacial score (nSPS) is 12.3. The Morgan fingerprint density at radius 2 is 1.84 bits per heavy atom. The van der Waals surface area contributed by atoms with Crippen LogP contribution in [-0.4, -0.2) is 12.2 Å². The van der Waals surface area contributed by atoms with E-state index in [0.29, 0.717) is 10.0 Å². The van der Waals surface area contributed by atoms with Crippen LogP contribution in [0.1, 0.15) is 22.8 Å². The van der Waals surface area contributed by atoms with Crippen molar-refractivity contribution in [2.75, 3.05) is 7.11 Å². The van der Waals surface area contributed by atoms with Crippen molar-refractivity contribution in [3.05, 3.63) is 63.4 Å². The van der Waals surface area contributed by atoms with E-state index in [9.17, 15) is 9.50 Å². The fourth-order valence-corrected chi connectivity index (χ4v) is 2.54. The average Bonchev–Trinajstić information content (AvgIpc) is 2.37. The van der Waals surface area contributed by atoms with Gasteiger partial charge in [-0.2, -0.15) is 0 Å². The third kappa shape index (κ3) is 2.96. The quantitative estimate of drug-likeness (QED) is 0.925. The summed E-state index contributed by atoms with van der Waals surface area (Å²) in [5, 5.41) is 10.4. The Morgan fingerprint density at radius 1 is 1.16 bits per heavy atom. The number of hydrogen-bond donors (Lipinski definition) is 1. The Kier molecular flexibility index (Phi) is 4.22. The van der Waals surface area contributed by atoms with Gasteiger partial charge in [-0.05, 0) is 47.9 Å². The second-order valence-electron chi connectivity index (χ2n) is 4.29. The Balaban J connectivity index is 2.41. The van der Waals surface area contributed by atoms with Crippen LogP contribution in [0.4, 0.5) is 4.39 Å². The van der Waals surface area contributed by atoms with E-state index in [-0.39, 0.29) is 5.82 Å². The zero-order chi connectivity index (χ0) is 14.0. The molecule has 0 aliphatic rings. The lowest BCUT2D eigenvalue weighted by molar-refractivity contribution is 0.218. The molecule has 2 aromatic rings. The summed E-state index contributed by atoms with van der Waals surface area (Å²) in [6.07, 6.45) is -0.805. The lowest BCUT2D eigenvalue weighted by atomic mass is 9.97. The summed E-state index contributed by atoms with van der Waals surface area (Å²) in [4.78, 5) is 0. The molecule has 2 rings (SSSR count). The number of methoxy groups -OCH3 is 1. The molecule has 0 amide bonds. The van der Waals surface area contributed by atoms with Gasteiger partial charge in [0.25, 0.3) is 0 Å². The topological polar surface area (TPSA) is 29.5 Å². The van der Waals surface area contributed by atoms with Gasteiger partial charge in [0.1, 0.15) is 17.7 Å². The van der Waals surface area contributed by atoms with E-state index in [0.717, 1.165) is 16.9 Å². The van der Waals surface area contributed by atoms with Crippen LogP contribution in [-0.2, 0) is 0 Å². The smallest absolute Gasteiger partial charge is 0.124 e. The summed E-state index contributed by atoms with van der Waals surface area (Å²) >= 11 is 3.27. The molecule has 1 atom stereocenters. The number of hydrogen-bond acceptors (Lipinski definition) is 2. The molecule has 0 spiro atoms. The Bertz CT molecular complexity index is 599. The summed E-state index contributed by atoms with van der Waals surface area (Å²) in [5.74, 6) is 0.404. The molecule has 0 aliphatic carbocycles. The third-order valence-electron chi connectivity index (χ3n) is 3.03. The Morgan fingerprint density at radius 3 is 2.42 bits per heavy atom. The van der Waals surface area contributed by atoms with Crippen molar-refractivity contribution in [3.63, 3.8) is 0 Å². The van der Waals surface area contributed by atoms with Gasteiger partial charge in [0.2, 0.25) is 0 Å². The first-order valence-electron chi connectivity index (χ1n) is 5.80. The van der Waals surface area contributed by atoms with Crippen LogP contribution in [0.25, 0.3) is 0 Å². The molecule has 19 heavy (non-hydrogen) atoms. The molecule has 0 aromatic heterocycles. The van der Waals surface area contributed by atoms with Gasteiger partial charge in [0.15, 0.2) is 0 Å². The number of aliphatic hydroxyl groups is 1. The fourth-order valence-electron chi connectivity index (χ4n) is 1.97. The first-order valence-corrected chi connectivity index (χ1v) is 6.59. The lowest BCUT2D eigenvalue weighted by Gasteiger charge is -2.16. The molecule has 0 saturated carbocycles. The molecule has 0 heterocycles. The molecule has 0 bridgehead atoms. The predicted octanol–water partition coefficient (Wildman–Crippen LogP) is 3.99. The van der Waals surface area contributed by atoms with E-state index in [1.807, 2.05) is 19.1 Å². The largest absolute Gasteiger partial charge is 0.497 e. The molecule has 2 nitrogen and oxygen atoms in total. The van der Waals surface area contributed by atoms with Crippen LogP contribution in [0, 0.1) is 12.7 Å². The fraction of sp³-hybridized carbons (Fsp3) is 0.200. The zero-order valence-corrected chi connectivity index (χ0v) is 12.2. The second-order valence-corrected chi connectivity index (χ2v) is 5.15. The van der Waals surface area contributed by atoms with Gasteiger partial charge >= 0.3 is 0 Å². The van der Waals surface area contributed by atoms with Crippen LogP contribution in [0.5, 0.6) is 5.75 Å². The van der Waals surface area contributed by atoms with E-state index in [4.69, 9.17) is 4.74 Å². The minimum absolute atomic E-state index is 0.339. The highest BCUT2D eigenvalue weighted by Crippen LogP contribution is 2.32. The van der Waals surface area contributed by atoms with Gasteiger partial charge in [-0.1, -0.05) is 28.1 Å². The number of ether oxygens (including phenoxy) is 1. The molecular weight excluding hydrogens is 311 g/mol. The number of benzene rings is 2. The SMILES string of the molecule is COc1ccc(C(O)c2ccc(F)cc2Br)c(C)c1. The average molecular weight is 325 g/mol. The summed E-state index contributed by atoms with van der Waals surface area (Å²) in [7, 11) is 1.60. The van der Waals surface area contributed by atoms with Crippen molar-refractivity contribution >= 4 is 15.9 Å². The van der Waals surface area contributed by atoms with Crippen molar-refractivity contribution in [3.8, 4) is 5.75 Å². The van der Waals surface area contributed by atoms with Crippen molar-refractivity contribution in [2.24, 2.45) is 0 Å². The molecule has 100 valence electrons. The summed E-state index contributed by atoms with van der Waals surface area (Å²) in [5.41, 5.74) is 2.32. The van der Waals surface area contributed by atoms with Gasteiger partial charge in [-0.25, -0.2) is 4.39 Å². The van der Waals surface area contributed by atoms with E-state index in [1.54, 1.807) is 19.2 Å². The maximum absolute atomic E-state index is 13.1. The van der Waals surface area contributed by atoms with Crippen LogP contribution < -0.4 is 4.74 Å². The summed E-state index contributed by atoms with van der Waals surface area (Å²) in [6.45, 7) is 1.90. The summed E-state index contributed by atoms with van der Waals surface area (Å²) < 4.78 is 18.7. The monoisotopic (exact) mass is 324 g/mol. The highest BCUT2D eigenvalue weighted by Gasteiger charge is 2.16. The maximum Gasteiger partial charge on any atom is 0.124 e. The van der Waals surface area contributed by atoms with Gasteiger partial charge in [0.05, 0.1) is 7.11 Å². The highest BCUT2D eigenvalue weighted by molar-refractivity contribution is 9.10. The van der Waals surface area contributed by atoms with Gasteiger partial charge in [-0.15, -0.1) is 0 Å². The molecule has 4 heteroatoms. The molecule has 2 aromatic carbocycles. The highest BCUT2D eigenvalue weighted by atomic mass is 79.9. The first-order chi connectivity index (χ1) is 9.02. The van der Waals surface area contributed by atoms with Crippen molar-refractivity contribution in [1.82, 2.24) is 0 Å². The molecule has 0 saturated heterocycles. The Labute approximate surface area is 120 Å². The molecule has 1 N–H and O–H groups in total. The standard InChI is InChI=1S/C15H14BrFO2/c1-9-7-11(19-2)4-6-12(9)15(18)13-5-3-10(17)8-14(13)16/h3-8,15,18H,1-2H3. The van der Waals surface area contributed by atoms with Crippen LogP contribution in [0.3, 0.4) is 0 Å². The van der Waals surface area contributed by atoms with Crippen molar-refractivity contribution < 1.29 is 14.2 Å². The van der Waals surface area contributed by atoms with Gasteiger partial charge in [0, 0.05) is 4.47 Å². The number of aryl methyl sites for hydroxylation is 1. The van der Waals surface area contributed by atoms with Crippen LogP contribution >= 0.6 is 15.9 Å². The van der Waals surface area contributed by atoms with Crippen molar-refractivity contribution in [2.45, 2.75) is 13.0 Å². The predicted molar refractivity (Wildman–Crippen MR) is 75.9 cm³/mol. The zero-order valence-electron chi connectivity index (χ0n) is 10.7. The van der Waals surface area contributed by atoms with Gasteiger partial charge < -0.3 is 9.84 Å². The maximum atomic E-state index is 13.1. The third-order valence-corrected chi connectivity index (χ3v) is 3.72. The van der Waals surface area contributed by atoms with E-state index < -0.39 is 6.10 Å². The first kappa shape index (κ1) is 14.0. The Hall–Kier alpha value is -1.39. The molecule has 0 aliphatic heterocycles. The van der Waals surface area contributed by atoms with Crippen LogP contribution in [0.2, 0.25) is 0 Å². The minimum Gasteiger partial charge on any atom is -0.497 e. The number of aliphatic hydroxyl groups excluding tert-OH is 1. The van der Waals surface area contributed by atoms with Gasteiger partial charge in [-0.3, -0.25) is 0 Å². The van der Waals surface area contributed by atoms with Crippen LogP contribution in [0.15, 0.2) is 40.9 Å². The number of halogens is 2.